The molecule has 2 aromatic rings. The van der Waals surface area contributed by atoms with Gasteiger partial charge in [-0.2, -0.15) is 5.10 Å². The van der Waals surface area contributed by atoms with Crippen LogP contribution in [-0.2, 0) is 7.05 Å². The fraction of sp³-hybridized carbons (Fsp3) is 0.562. The van der Waals surface area contributed by atoms with Crippen LogP contribution in [0, 0.1) is 6.92 Å². The summed E-state index contributed by atoms with van der Waals surface area (Å²) in [6, 6.07) is 1.18. The van der Waals surface area contributed by atoms with Gasteiger partial charge in [0, 0.05) is 19.1 Å². The van der Waals surface area contributed by atoms with Crippen molar-refractivity contribution in [3.05, 3.63) is 23.7 Å². The highest BCUT2D eigenvalue weighted by Gasteiger charge is 2.40. The smallest absolute Gasteiger partial charge is 0.163 e. The van der Waals surface area contributed by atoms with Gasteiger partial charge in [-0.1, -0.05) is 11.6 Å². The predicted molar refractivity (Wildman–Crippen MR) is 83.3 cm³/mol. The zero-order chi connectivity index (χ0) is 14.6. The predicted octanol–water partition coefficient (Wildman–Crippen LogP) is 2.75. The van der Waals surface area contributed by atoms with E-state index in [0.29, 0.717) is 12.1 Å². The summed E-state index contributed by atoms with van der Waals surface area (Å²) in [5.41, 5.74) is 2.54. The van der Waals surface area contributed by atoms with E-state index in [1.807, 2.05) is 24.9 Å². The maximum absolute atomic E-state index is 4.77. The summed E-state index contributed by atoms with van der Waals surface area (Å²) < 4.78 is 1.84. The van der Waals surface area contributed by atoms with Gasteiger partial charge in [-0.05, 0) is 39.5 Å². The van der Waals surface area contributed by atoms with Crippen LogP contribution < -0.4 is 4.90 Å². The molecule has 2 aromatic heterocycles. The number of anilines is 1. The molecule has 0 N–H and O–H groups in total. The Balaban J connectivity index is 1.84. The minimum atomic E-state index is 0.590. The van der Waals surface area contributed by atoms with Gasteiger partial charge in [0.05, 0.1) is 11.6 Å². The number of allylic oxidation sites excluding steroid dienone is 1. The van der Waals surface area contributed by atoms with Crippen LogP contribution in [0.25, 0.3) is 11.0 Å². The largest absolute Gasteiger partial charge is 0.349 e. The Morgan fingerprint density at radius 3 is 2.57 bits per heavy atom. The average molecular weight is 283 g/mol. The van der Waals surface area contributed by atoms with E-state index >= 15 is 0 Å². The zero-order valence-corrected chi connectivity index (χ0v) is 12.9. The summed E-state index contributed by atoms with van der Waals surface area (Å²) in [6.45, 7) is 4.14. The molecule has 0 saturated carbocycles. The lowest BCUT2D eigenvalue weighted by molar-refractivity contribution is 0.544. The van der Waals surface area contributed by atoms with Crippen LogP contribution in [0.3, 0.4) is 0 Å². The zero-order valence-electron chi connectivity index (χ0n) is 12.9. The quantitative estimate of drug-likeness (QED) is 0.755. The van der Waals surface area contributed by atoms with E-state index in [2.05, 4.69) is 28.0 Å². The highest BCUT2D eigenvalue weighted by molar-refractivity contribution is 5.87. The first-order chi connectivity index (χ1) is 10.2. The molecule has 5 heteroatoms. The number of hydrogen-bond donors (Lipinski definition) is 0. The van der Waals surface area contributed by atoms with Crippen molar-refractivity contribution in [2.45, 2.75) is 51.6 Å². The first-order valence-electron chi connectivity index (χ1n) is 7.76. The van der Waals surface area contributed by atoms with E-state index in [4.69, 9.17) is 4.98 Å². The summed E-state index contributed by atoms with van der Waals surface area (Å²) in [6.07, 6.45) is 9.11. The van der Waals surface area contributed by atoms with Crippen LogP contribution in [0.15, 0.2) is 17.8 Å². The van der Waals surface area contributed by atoms with Crippen LogP contribution >= 0.6 is 0 Å². The Morgan fingerprint density at radius 2 is 1.90 bits per heavy atom. The normalized spacial score (nSPS) is 24.9. The van der Waals surface area contributed by atoms with Crippen molar-refractivity contribution in [2.75, 3.05) is 4.90 Å². The molecule has 0 aliphatic carbocycles. The molecule has 21 heavy (non-hydrogen) atoms. The van der Waals surface area contributed by atoms with Crippen molar-refractivity contribution in [2.24, 2.45) is 7.05 Å². The van der Waals surface area contributed by atoms with Gasteiger partial charge in [0.25, 0.3) is 0 Å². The summed E-state index contributed by atoms with van der Waals surface area (Å²) >= 11 is 0. The average Bonchev–Trinajstić information content (AvgIpc) is 2.96. The third-order valence-corrected chi connectivity index (χ3v) is 4.95. The molecule has 2 aliphatic heterocycles. The SMILES string of the molecule is CC=C1CC2CCC(C1)N2c1nc(C)nc2c1cnn2C. The van der Waals surface area contributed by atoms with E-state index < -0.39 is 0 Å². The second kappa shape index (κ2) is 4.55. The van der Waals surface area contributed by atoms with Crippen LogP contribution in [0.4, 0.5) is 5.82 Å². The summed E-state index contributed by atoms with van der Waals surface area (Å²) in [7, 11) is 1.95. The van der Waals surface area contributed by atoms with Gasteiger partial charge in [-0.25, -0.2) is 9.97 Å². The monoisotopic (exact) mass is 283 g/mol. The Labute approximate surface area is 124 Å². The maximum Gasteiger partial charge on any atom is 0.163 e. The van der Waals surface area contributed by atoms with Crippen molar-refractivity contribution in [3.8, 4) is 0 Å². The third kappa shape index (κ3) is 1.87. The Bertz CT molecular complexity index is 714. The van der Waals surface area contributed by atoms with E-state index in [-0.39, 0.29) is 0 Å². The van der Waals surface area contributed by atoms with Crippen molar-refractivity contribution in [1.29, 1.82) is 0 Å². The third-order valence-electron chi connectivity index (χ3n) is 4.95. The second-order valence-electron chi connectivity index (χ2n) is 6.25. The lowest BCUT2D eigenvalue weighted by atomic mass is 9.96. The summed E-state index contributed by atoms with van der Waals surface area (Å²) in [5.74, 6) is 1.92. The van der Waals surface area contributed by atoms with Crippen LogP contribution in [0.2, 0.25) is 0 Å². The number of aromatic nitrogens is 4. The van der Waals surface area contributed by atoms with E-state index in [9.17, 15) is 0 Å². The Hall–Kier alpha value is -1.91. The molecule has 5 nitrogen and oxygen atoms in total. The highest BCUT2D eigenvalue weighted by Crippen LogP contribution is 2.42. The maximum atomic E-state index is 4.77. The molecule has 2 unspecified atom stereocenters. The molecule has 0 spiro atoms. The molecule has 110 valence electrons. The number of rotatable bonds is 1. The van der Waals surface area contributed by atoms with Gasteiger partial charge >= 0.3 is 0 Å². The van der Waals surface area contributed by atoms with Gasteiger partial charge in [-0.15, -0.1) is 0 Å². The molecule has 0 aromatic carbocycles. The highest BCUT2D eigenvalue weighted by atomic mass is 15.3. The molecule has 0 amide bonds. The lowest BCUT2D eigenvalue weighted by Gasteiger charge is -2.37. The van der Waals surface area contributed by atoms with Crippen molar-refractivity contribution < 1.29 is 0 Å². The lowest BCUT2D eigenvalue weighted by Crippen LogP contribution is -2.41. The number of piperidine rings is 1. The molecule has 2 saturated heterocycles. The first kappa shape index (κ1) is 12.8. The van der Waals surface area contributed by atoms with Crippen LogP contribution in [-0.4, -0.2) is 31.8 Å². The van der Waals surface area contributed by atoms with E-state index in [1.165, 1.54) is 25.7 Å². The van der Waals surface area contributed by atoms with E-state index in [0.717, 1.165) is 22.7 Å². The molecule has 2 bridgehead atoms. The fourth-order valence-electron chi connectivity index (χ4n) is 3.94. The van der Waals surface area contributed by atoms with Crippen molar-refractivity contribution >= 4 is 16.9 Å². The van der Waals surface area contributed by atoms with E-state index in [1.54, 1.807) is 5.57 Å². The number of nitrogens with zero attached hydrogens (tertiary/aromatic N) is 5. The second-order valence-corrected chi connectivity index (χ2v) is 6.25. The molecule has 2 atom stereocenters. The topological polar surface area (TPSA) is 46.8 Å². The van der Waals surface area contributed by atoms with Gasteiger partial charge in [-0.3, -0.25) is 4.68 Å². The van der Waals surface area contributed by atoms with Crippen molar-refractivity contribution in [3.63, 3.8) is 0 Å². The van der Waals surface area contributed by atoms with Gasteiger partial charge in [0.2, 0.25) is 0 Å². The summed E-state index contributed by atoms with van der Waals surface area (Å²) in [4.78, 5) is 11.9. The van der Waals surface area contributed by atoms with Gasteiger partial charge in [0.1, 0.15) is 11.6 Å². The molecule has 4 heterocycles. The minimum absolute atomic E-state index is 0.590. The number of fused-ring (bicyclic) bond motifs is 3. The Morgan fingerprint density at radius 1 is 1.19 bits per heavy atom. The van der Waals surface area contributed by atoms with Gasteiger partial charge < -0.3 is 4.90 Å². The van der Waals surface area contributed by atoms with Crippen LogP contribution in [0.5, 0.6) is 0 Å². The molecule has 2 aliphatic rings. The minimum Gasteiger partial charge on any atom is -0.349 e. The van der Waals surface area contributed by atoms with Gasteiger partial charge in [0.15, 0.2) is 5.65 Å². The standard InChI is InChI=1S/C16H21N5/c1-4-11-7-12-5-6-13(8-11)21(12)16-14-9-17-20(3)15(14)18-10(2)19-16/h4,9,12-13H,5-8H2,1-3H3. The fourth-order valence-corrected chi connectivity index (χ4v) is 3.94. The Kier molecular flexibility index (Phi) is 2.77. The molecule has 4 rings (SSSR count). The molecular weight excluding hydrogens is 262 g/mol. The molecule has 0 radical (unpaired) electrons. The van der Waals surface area contributed by atoms with Crippen LogP contribution in [0.1, 0.15) is 38.4 Å². The molecular formula is C16H21N5. The summed E-state index contributed by atoms with van der Waals surface area (Å²) in [5, 5.41) is 5.46. The number of hydrogen-bond acceptors (Lipinski definition) is 4. The molecule has 2 fully saturated rings. The van der Waals surface area contributed by atoms with Crippen molar-refractivity contribution in [1.82, 2.24) is 19.7 Å². The first-order valence-corrected chi connectivity index (χ1v) is 7.76. The number of aryl methyl sites for hydroxylation is 2.